The molecular weight excluding hydrogens is 282 g/mol. The van der Waals surface area contributed by atoms with Crippen molar-refractivity contribution in [3.05, 3.63) is 45.1 Å². The van der Waals surface area contributed by atoms with Crippen LogP contribution in [-0.2, 0) is 0 Å². The van der Waals surface area contributed by atoms with Gasteiger partial charge in [-0.25, -0.2) is 0 Å². The zero-order valence-corrected chi connectivity index (χ0v) is 12.6. The Bertz CT molecular complexity index is 556. The monoisotopic (exact) mass is 297 g/mol. The molecule has 1 atom stereocenters. The molecule has 1 unspecified atom stereocenters. The Balaban J connectivity index is 2.50. The van der Waals surface area contributed by atoms with E-state index >= 15 is 0 Å². The van der Waals surface area contributed by atoms with Crippen LogP contribution in [0.3, 0.4) is 0 Å². The van der Waals surface area contributed by atoms with E-state index in [4.69, 9.17) is 21.1 Å². The molecule has 5 heteroatoms. The number of hydrogen-bond acceptors (Lipinski definition) is 4. The largest absolute Gasteiger partial charge is 0.496 e. The van der Waals surface area contributed by atoms with Crippen molar-refractivity contribution in [2.75, 3.05) is 21.3 Å². The van der Waals surface area contributed by atoms with Gasteiger partial charge in [0.15, 0.2) is 0 Å². The normalized spacial score (nSPS) is 12.2. The smallest absolute Gasteiger partial charge is 0.134 e. The fraction of sp³-hybridized carbons (Fsp3) is 0.286. The zero-order valence-electron chi connectivity index (χ0n) is 11.1. The van der Waals surface area contributed by atoms with Gasteiger partial charge in [0.1, 0.15) is 11.5 Å². The average molecular weight is 298 g/mol. The van der Waals surface area contributed by atoms with Crippen LogP contribution < -0.4 is 14.8 Å². The molecule has 19 heavy (non-hydrogen) atoms. The zero-order chi connectivity index (χ0) is 13.8. The number of nitrogens with one attached hydrogen (secondary N) is 1. The van der Waals surface area contributed by atoms with Crippen LogP contribution in [0.4, 0.5) is 0 Å². The maximum absolute atomic E-state index is 6.10. The first-order chi connectivity index (χ1) is 9.21. The van der Waals surface area contributed by atoms with Crippen molar-refractivity contribution in [3.8, 4) is 11.5 Å². The van der Waals surface area contributed by atoms with Crippen LogP contribution in [0.1, 0.15) is 16.5 Å². The third kappa shape index (κ3) is 2.86. The first-order valence-corrected chi connectivity index (χ1v) is 7.09. The molecule has 0 saturated heterocycles. The molecule has 0 spiro atoms. The standard InChI is InChI=1S/C14H16ClNO2S/c1-16-13(14-12(18-3)6-7-19-14)10-8-9(15)4-5-11(10)17-2/h4-8,13,16H,1-3H3. The average Bonchev–Trinajstić information content (AvgIpc) is 2.88. The maximum Gasteiger partial charge on any atom is 0.134 e. The molecule has 1 aromatic carbocycles. The van der Waals surface area contributed by atoms with E-state index in [1.54, 1.807) is 25.6 Å². The Morgan fingerprint density at radius 3 is 2.53 bits per heavy atom. The highest BCUT2D eigenvalue weighted by Crippen LogP contribution is 2.38. The summed E-state index contributed by atoms with van der Waals surface area (Å²) in [5.41, 5.74) is 0.998. The molecule has 1 heterocycles. The highest BCUT2D eigenvalue weighted by atomic mass is 35.5. The highest BCUT2D eigenvalue weighted by Gasteiger charge is 2.21. The Hall–Kier alpha value is -1.23. The molecule has 2 aromatic rings. The van der Waals surface area contributed by atoms with Crippen molar-refractivity contribution in [2.24, 2.45) is 0 Å². The number of rotatable bonds is 5. The SMILES string of the molecule is CNC(c1cc(Cl)ccc1OC)c1sccc1OC. The predicted molar refractivity (Wildman–Crippen MR) is 79.8 cm³/mol. The lowest BCUT2D eigenvalue weighted by Gasteiger charge is -2.19. The van der Waals surface area contributed by atoms with Crippen LogP contribution in [-0.4, -0.2) is 21.3 Å². The number of halogens is 1. The molecular formula is C14H16ClNO2S. The molecule has 0 radical (unpaired) electrons. The topological polar surface area (TPSA) is 30.5 Å². The van der Waals surface area contributed by atoms with E-state index in [9.17, 15) is 0 Å². The number of methoxy groups -OCH3 is 2. The lowest BCUT2D eigenvalue weighted by Crippen LogP contribution is -2.18. The van der Waals surface area contributed by atoms with Crippen LogP contribution in [0.5, 0.6) is 11.5 Å². The van der Waals surface area contributed by atoms with E-state index in [1.807, 2.05) is 36.7 Å². The van der Waals surface area contributed by atoms with Crippen LogP contribution in [0, 0.1) is 0 Å². The summed E-state index contributed by atoms with van der Waals surface area (Å²) in [7, 11) is 5.24. The van der Waals surface area contributed by atoms with Gasteiger partial charge < -0.3 is 14.8 Å². The quantitative estimate of drug-likeness (QED) is 0.912. The van der Waals surface area contributed by atoms with Crippen molar-refractivity contribution in [3.63, 3.8) is 0 Å². The molecule has 102 valence electrons. The maximum atomic E-state index is 6.10. The fourth-order valence-electron chi connectivity index (χ4n) is 2.05. The molecule has 1 N–H and O–H groups in total. The van der Waals surface area contributed by atoms with E-state index < -0.39 is 0 Å². The molecule has 0 amide bonds. The van der Waals surface area contributed by atoms with E-state index in [0.29, 0.717) is 5.02 Å². The molecule has 2 rings (SSSR count). The second-order valence-corrected chi connectivity index (χ2v) is 5.35. The molecule has 0 aliphatic carbocycles. The fourth-order valence-corrected chi connectivity index (χ4v) is 3.21. The summed E-state index contributed by atoms with van der Waals surface area (Å²) in [4.78, 5) is 1.10. The minimum atomic E-state index is -0.0106. The van der Waals surface area contributed by atoms with E-state index in [1.165, 1.54) is 0 Å². The molecule has 0 bridgehead atoms. The summed E-state index contributed by atoms with van der Waals surface area (Å²) in [6.07, 6.45) is 0. The molecule has 0 fully saturated rings. The van der Waals surface area contributed by atoms with Gasteiger partial charge >= 0.3 is 0 Å². The van der Waals surface area contributed by atoms with E-state index in [-0.39, 0.29) is 6.04 Å². The van der Waals surface area contributed by atoms with Gasteiger partial charge in [-0.05, 0) is 36.7 Å². The Morgan fingerprint density at radius 1 is 1.16 bits per heavy atom. The summed E-state index contributed by atoms with van der Waals surface area (Å²) >= 11 is 7.74. The van der Waals surface area contributed by atoms with Crippen molar-refractivity contribution in [1.29, 1.82) is 0 Å². The number of benzene rings is 1. The van der Waals surface area contributed by atoms with Gasteiger partial charge in [-0.15, -0.1) is 11.3 Å². The Labute approximate surface area is 122 Å². The number of ether oxygens (including phenoxy) is 2. The van der Waals surface area contributed by atoms with Gasteiger partial charge in [0, 0.05) is 10.6 Å². The number of hydrogen-bond donors (Lipinski definition) is 1. The van der Waals surface area contributed by atoms with Crippen LogP contribution in [0.15, 0.2) is 29.6 Å². The second-order valence-electron chi connectivity index (χ2n) is 3.96. The first kappa shape index (κ1) is 14.2. The predicted octanol–water partition coefficient (Wildman–Crippen LogP) is 3.73. The molecule has 0 aliphatic heterocycles. The van der Waals surface area contributed by atoms with Crippen LogP contribution >= 0.6 is 22.9 Å². The van der Waals surface area contributed by atoms with Crippen molar-refractivity contribution in [2.45, 2.75) is 6.04 Å². The minimum absolute atomic E-state index is 0.0106. The lowest BCUT2D eigenvalue weighted by atomic mass is 10.0. The van der Waals surface area contributed by atoms with Crippen LogP contribution in [0.25, 0.3) is 0 Å². The van der Waals surface area contributed by atoms with Gasteiger partial charge in [-0.1, -0.05) is 11.6 Å². The Morgan fingerprint density at radius 2 is 1.89 bits per heavy atom. The lowest BCUT2D eigenvalue weighted by molar-refractivity contribution is 0.398. The summed E-state index contributed by atoms with van der Waals surface area (Å²) in [6, 6.07) is 7.57. The van der Waals surface area contributed by atoms with Gasteiger partial charge in [0.05, 0.1) is 25.1 Å². The van der Waals surface area contributed by atoms with Crippen LogP contribution in [0.2, 0.25) is 5.02 Å². The second kappa shape index (κ2) is 6.28. The minimum Gasteiger partial charge on any atom is -0.496 e. The van der Waals surface area contributed by atoms with E-state index in [2.05, 4.69) is 5.32 Å². The summed E-state index contributed by atoms with van der Waals surface area (Å²) in [5.74, 6) is 1.67. The van der Waals surface area contributed by atoms with Crippen molar-refractivity contribution >= 4 is 22.9 Å². The van der Waals surface area contributed by atoms with Gasteiger partial charge in [-0.3, -0.25) is 0 Å². The van der Waals surface area contributed by atoms with Gasteiger partial charge in [0.25, 0.3) is 0 Å². The molecule has 3 nitrogen and oxygen atoms in total. The van der Waals surface area contributed by atoms with Crippen molar-refractivity contribution in [1.82, 2.24) is 5.32 Å². The number of thiophene rings is 1. The molecule has 0 aliphatic rings. The summed E-state index contributed by atoms with van der Waals surface area (Å²) < 4.78 is 10.8. The molecule has 0 saturated carbocycles. The van der Waals surface area contributed by atoms with E-state index in [0.717, 1.165) is 21.9 Å². The van der Waals surface area contributed by atoms with Gasteiger partial charge in [-0.2, -0.15) is 0 Å². The van der Waals surface area contributed by atoms with Crippen molar-refractivity contribution < 1.29 is 9.47 Å². The summed E-state index contributed by atoms with van der Waals surface area (Å²) in [5, 5.41) is 5.99. The third-order valence-electron chi connectivity index (χ3n) is 2.93. The Kier molecular flexibility index (Phi) is 4.69. The highest BCUT2D eigenvalue weighted by molar-refractivity contribution is 7.10. The first-order valence-electron chi connectivity index (χ1n) is 5.83. The third-order valence-corrected chi connectivity index (χ3v) is 4.13. The summed E-state index contributed by atoms with van der Waals surface area (Å²) in [6.45, 7) is 0. The van der Waals surface area contributed by atoms with Gasteiger partial charge in [0.2, 0.25) is 0 Å². The molecule has 1 aromatic heterocycles.